The molecule has 0 atom stereocenters. The van der Waals surface area contributed by atoms with Gasteiger partial charge >= 0.3 is 7.12 Å². The molecule has 148 valence electrons. The maximum atomic E-state index is 9.82. The Hall–Kier alpha value is -1.12. The maximum absolute atomic E-state index is 9.82. The standard InChI is InChI=1S/C19H33BO6/c1-6-7-8-9-10-19(2,3)16-11-15(13-26-24-5)18(20(21)22)17(12-16)25-14-23-4/h11-12,21-22H,6-10,13-14H2,1-5H3. The van der Waals surface area contributed by atoms with Crippen LogP contribution >= 0.6 is 0 Å². The van der Waals surface area contributed by atoms with Crippen LogP contribution in [0, 0.1) is 0 Å². The fourth-order valence-electron chi connectivity index (χ4n) is 2.99. The second kappa shape index (κ2) is 11.6. The van der Waals surface area contributed by atoms with Crippen LogP contribution in [0.1, 0.15) is 64.0 Å². The van der Waals surface area contributed by atoms with E-state index in [0.717, 1.165) is 18.4 Å². The van der Waals surface area contributed by atoms with Gasteiger partial charge in [0.2, 0.25) is 0 Å². The summed E-state index contributed by atoms with van der Waals surface area (Å²) in [6, 6.07) is 3.80. The average molecular weight is 368 g/mol. The summed E-state index contributed by atoms with van der Waals surface area (Å²) in [4.78, 5) is 9.73. The molecular weight excluding hydrogens is 335 g/mol. The number of methoxy groups -OCH3 is 1. The summed E-state index contributed by atoms with van der Waals surface area (Å²) in [5, 5.41) is 19.6. The Labute approximate surface area is 157 Å². The molecule has 0 bridgehead atoms. The Morgan fingerprint density at radius 2 is 1.81 bits per heavy atom. The fraction of sp³-hybridized carbons (Fsp3) is 0.684. The minimum absolute atomic E-state index is 0.0185. The van der Waals surface area contributed by atoms with Crippen molar-refractivity contribution in [1.29, 1.82) is 0 Å². The van der Waals surface area contributed by atoms with Gasteiger partial charge in [-0.1, -0.05) is 52.5 Å². The number of rotatable bonds is 13. The zero-order chi connectivity index (χ0) is 19.6. The second-order valence-corrected chi connectivity index (χ2v) is 7.10. The van der Waals surface area contributed by atoms with Crippen molar-refractivity contribution in [1.82, 2.24) is 0 Å². The van der Waals surface area contributed by atoms with Crippen molar-refractivity contribution in [2.45, 2.75) is 64.9 Å². The third-order valence-corrected chi connectivity index (χ3v) is 4.59. The Morgan fingerprint density at radius 3 is 2.38 bits per heavy atom. The van der Waals surface area contributed by atoms with Crippen LogP contribution in [0.15, 0.2) is 12.1 Å². The highest BCUT2D eigenvalue weighted by Crippen LogP contribution is 2.32. The Balaban J connectivity index is 3.20. The minimum atomic E-state index is -1.68. The molecule has 26 heavy (non-hydrogen) atoms. The Kier molecular flexibility index (Phi) is 10.2. The number of hydrogen-bond acceptors (Lipinski definition) is 6. The van der Waals surface area contributed by atoms with E-state index in [2.05, 4.69) is 20.8 Å². The predicted molar refractivity (Wildman–Crippen MR) is 102 cm³/mol. The van der Waals surface area contributed by atoms with E-state index in [1.165, 1.54) is 33.5 Å². The van der Waals surface area contributed by atoms with Crippen LogP contribution in [0.3, 0.4) is 0 Å². The monoisotopic (exact) mass is 368 g/mol. The van der Waals surface area contributed by atoms with Gasteiger partial charge in [0.15, 0.2) is 6.79 Å². The largest absolute Gasteiger partial charge is 0.492 e. The zero-order valence-electron chi connectivity index (χ0n) is 16.7. The summed E-state index contributed by atoms with van der Waals surface area (Å²) >= 11 is 0. The lowest BCUT2D eigenvalue weighted by atomic mass is 9.72. The third kappa shape index (κ3) is 6.89. The molecular formula is C19H33BO6. The highest BCUT2D eigenvalue weighted by molar-refractivity contribution is 6.60. The van der Waals surface area contributed by atoms with Crippen molar-refractivity contribution in [3.05, 3.63) is 23.3 Å². The fourth-order valence-corrected chi connectivity index (χ4v) is 2.99. The second-order valence-electron chi connectivity index (χ2n) is 7.10. The first-order chi connectivity index (χ1) is 12.4. The van der Waals surface area contributed by atoms with Crippen LogP contribution < -0.4 is 10.2 Å². The summed E-state index contributed by atoms with van der Waals surface area (Å²) in [5.74, 6) is 0.385. The van der Waals surface area contributed by atoms with Gasteiger partial charge in [0.1, 0.15) is 12.4 Å². The molecule has 1 aromatic carbocycles. The molecule has 0 radical (unpaired) electrons. The van der Waals surface area contributed by atoms with Gasteiger partial charge in [-0.15, -0.1) is 0 Å². The minimum Gasteiger partial charge on any atom is -0.468 e. The van der Waals surface area contributed by atoms with Crippen molar-refractivity contribution < 1.29 is 29.3 Å². The van der Waals surface area contributed by atoms with Gasteiger partial charge in [-0.3, -0.25) is 0 Å². The van der Waals surface area contributed by atoms with Crippen LogP contribution in [0.2, 0.25) is 0 Å². The van der Waals surface area contributed by atoms with Crippen molar-refractivity contribution in [2.75, 3.05) is 21.0 Å². The first-order valence-electron chi connectivity index (χ1n) is 9.18. The normalized spacial score (nSPS) is 11.7. The number of unbranched alkanes of at least 4 members (excludes halogenated alkanes) is 3. The molecule has 1 rings (SSSR count). The summed E-state index contributed by atoms with van der Waals surface area (Å²) in [6.45, 7) is 6.68. The lowest BCUT2D eigenvalue weighted by Gasteiger charge is -2.28. The van der Waals surface area contributed by atoms with Gasteiger partial charge in [0.05, 0.1) is 7.11 Å². The molecule has 0 saturated heterocycles. The highest BCUT2D eigenvalue weighted by Gasteiger charge is 2.28. The van der Waals surface area contributed by atoms with Gasteiger partial charge in [0, 0.05) is 12.6 Å². The van der Waals surface area contributed by atoms with Crippen LogP contribution in [0.5, 0.6) is 5.75 Å². The molecule has 6 nitrogen and oxygen atoms in total. The van der Waals surface area contributed by atoms with Crippen molar-refractivity contribution in [3.8, 4) is 5.75 Å². The van der Waals surface area contributed by atoms with E-state index in [0.29, 0.717) is 11.3 Å². The first kappa shape index (κ1) is 22.9. The van der Waals surface area contributed by atoms with E-state index in [-0.39, 0.29) is 24.3 Å². The topological polar surface area (TPSA) is 77.4 Å². The third-order valence-electron chi connectivity index (χ3n) is 4.59. The Bertz CT molecular complexity index is 504. The molecule has 0 spiro atoms. The molecule has 7 heteroatoms. The van der Waals surface area contributed by atoms with E-state index in [1.807, 2.05) is 12.1 Å². The number of benzene rings is 1. The molecule has 0 fully saturated rings. The van der Waals surface area contributed by atoms with Gasteiger partial charge < -0.3 is 19.5 Å². The van der Waals surface area contributed by atoms with Crippen LogP contribution in [0.4, 0.5) is 0 Å². The maximum Gasteiger partial charge on any atom is 0.492 e. The molecule has 0 aliphatic heterocycles. The van der Waals surface area contributed by atoms with Crippen LogP contribution in [-0.4, -0.2) is 38.2 Å². The predicted octanol–water partition coefficient (Wildman–Crippen LogP) is 2.68. The summed E-state index contributed by atoms with van der Waals surface area (Å²) in [5.41, 5.74) is 1.86. The van der Waals surface area contributed by atoms with E-state index in [1.54, 1.807) is 0 Å². The van der Waals surface area contributed by atoms with E-state index in [9.17, 15) is 10.0 Å². The molecule has 1 aromatic rings. The molecule has 0 saturated carbocycles. The highest BCUT2D eigenvalue weighted by atomic mass is 17.2. The molecule has 0 heterocycles. The SMILES string of the molecule is CCCCCCC(C)(C)c1cc(COOC)c(B(O)O)c(OCOC)c1. The van der Waals surface area contributed by atoms with E-state index in [4.69, 9.17) is 19.2 Å². The lowest BCUT2D eigenvalue weighted by molar-refractivity contribution is -0.282. The average Bonchev–Trinajstić information content (AvgIpc) is 2.60. The number of ether oxygens (including phenoxy) is 2. The molecule has 0 aliphatic rings. The summed E-state index contributed by atoms with van der Waals surface area (Å²) in [7, 11) is 1.25. The van der Waals surface area contributed by atoms with E-state index < -0.39 is 7.12 Å². The van der Waals surface area contributed by atoms with Gasteiger partial charge in [-0.2, -0.15) is 0 Å². The first-order valence-corrected chi connectivity index (χ1v) is 9.18. The molecule has 2 N–H and O–H groups in total. The molecule has 0 amide bonds. The lowest BCUT2D eigenvalue weighted by Crippen LogP contribution is -2.36. The van der Waals surface area contributed by atoms with Crippen LogP contribution in [0.25, 0.3) is 0 Å². The van der Waals surface area contributed by atoms with Crippen LogP contribution in [-0.2, 0) is 26.5 Å². The van der Waals surface area contributed by atoms with Gasteiger partial charge in [-0.25, -0.2) is 9.78 Å². The molecule has 0 aliphatic carbocycles. The Morgan fingerprint density at radius 1 is 1.08 bits per heavy atom. The van der Waals surface area contributed by atoms with Crippen molar-refractivity contribution >= 4 is 12.6 Å². The van der Waals surface area contributed by atoms with E-state index >= 15 is 0 Å². The summed E-state index contributed by atoms with van der Waals surface area (Å²) in [6.07, 6.45) is 5.82. The summed E-state index contributed by atoms with van der Waals surface area (Å²) < 4.78 is 10.6. The zero-order valence-corrected chi connectivity index (χ0v) is 16.7. The van der Waals surface area contributed by atoms with Crippen molar-refractivity contribution in [3.63, 3.8) is 0 Å². The van der Waals surface area contributed by atoms with Crippen molar-refractivity contribution in [2.24, 2.45) is 0 Å². The van der Waals surface area contributed by atoms with Gasteiger partial charge in [0.25, 0.3) is 0 Å². The van der Waals surface area contributed by atoms with Gasteiger partial charge in [-0.05, 0) is 29.0 Å². The molecule has 0 aromatic heterocycles. The molecule has 0 unspecified atom stereocenters. The quantitative estimate of drug-likeness (QED) is 0.183. The number of hydrogen-bond donors (Lipinski definition) is 2. The smallest absolute Gasteiger partial charge is 0.468 e.